The summed E-state index contributed by atoms with van der Waals surface area (Å²) >= 11 is 0. The first kappa shape index (κ1) is 26.1. The number of benzene rings is 3. The van der Waals surface area contributed by atoms with Gasteiger partial charge in [-0.1, -0.05) is 69.3 Å². The Morgan fingerprint density at radius 3 is 2.41 bits per heavy atom. The highest BCUT2D eigenvalue weighted by Crippen LogP contribution is 2.32. The number of carbonyl (C=O) groups excluding carboxylic acids is 1. The molecule has 0 radical (unpaired) electrons. The fraction of sp³-hybridized carbons (Fsp3) is 0.281. The summed E-state index contributed by atoms with van der Waals surface area (Å²) in [6.45, 7) is 7.13. The molecule has 1 heterocycles. The van der Waals surface area contributed by atoms with E-state index in [9.17, 15) is 4.79 Å². The molecule has 37 heavy (non-hydrogen) atoms. The summed E-state index contributed by atoms with van der Waals surface area (Å²) in [6.07, 6.45) is 2.22. The molecular weight excluding hydrogens is 462 g/mol. The molecule has 0 aliphatic rings. The third kappa shape index (κ3) is 6.62. The van der Waals surface area contributed by atoms with Crippen molar-refractivity contribution in [3.8, 4) is 17.2 Å². The van der Waals surface area contributed by atoms with Crippen molar-refractivity contribution in [2.75, 3.05) is 13.7 Å². The molecule has 192 valence electrons. The molecule has 0 aliphatic heterocycles. The number of nitrogens with one attached hydrogen (secondary N) is 1. The van der Waals surface area contributed by atoms with Crippen LogP contribution < -0.4 is 14.8 Å². The van der Waals surface area contributed by atoms with Crippen LogP contribution in [0.25, 0.3) is 0 Å². The van der Waals surface area contributed by atoms with Crippen LogP contribution in [0.3, 0.4) is 0 Å². The van der Waals surface area contributed by atoms with E-state index in [-0.39, 0.29) is 11.3 Å². The molecule has 4 aromatic rings. The van der Waals surface area contributed by atoms with E-state index in [1.165, 1.54) is 5.56 Å². The Hall–Kier alpha value is -3.99. The maximum absolute atomic E-state index is 12.8. The standard InChI is InChI=1S/C32H35NO4/c1-5-32(2,3)25-15-17-28(35-4)24(21-25)22-27-16-18-30(37-27)31(34)33-20-19-23-11-9-10-14-29(23)36-26-12-7-6-8-13-26/h6-18,21H,5,19-20,22H2,1-4H3,(H,33,34). The molecule has 1 aromatic heterocycles. The Labute approximate surface area is 219 Å². The van der Waals surface area contributed by atoms with Crippen molar-refractivity contribution >= 4 is 5.91 Å². The lowest BCUT2D eigenvalue weighted by Gasteiger charge is -2.24. The van der Waals surface area contributed by atoms with Crippen LogP contribution in [0.15, 0.2) is 89.3 Å². The molecule has 5 heteroatoms. The van der Waals surface area contributed by atoms with Gasteiger partial charge in [0.25, 0.3) is 5.91 Å². The average molecular weight is 498 g/mol. The smallest absolute Gasteiger partial charge is 0.287 e. The van der Waals surface area contributed by atoms with Crippen molar-refractivity contribution in [2.45, 2.75) is 45.4 Å². The molecule has 0 saturated heterocycles. The minimum atomic E-state index is -0.236. The maximum Gasteiger partial charge on any atom is 0.287 e. The highest BCUT2D eigenvalue weighted by Gasteiger charge is 2.20. The van der Waals surface area contributed by atoms with Gasteiger partial charge in [0.05, 0.1) is 7.11 Å². The van der Waals surface area contributed by atoms with Gasteiger partial charge >= 0.3 is 0 Å². The minimum Gasteiger partial charge on any atom is -0.496 e. The van der Waals surface area contributed by atoms with Gasteiger partial charge in [0.2, 0.25) is 0 Å². The van der Waals surface area contributed by atoms with Gasteiger partial charge in [-0.25, -0.2) is 0 Å². The van der Waals surface area contributed by atoms with Gasteiger partial charge in [-0.2, -0.15) is 0 Å². The number of rotatable bonds is 11. The van der Waals surface area contributed by atoms with Gasteiger partial charge < -0.3 is 19.2 Å². The largest absolute Gasteiger partial charge is 0.496 e. The molecule has 4 rings (SSSR count). The van der Waals surface area contributed by atoms with E-state index in [0.717, 1.165) is 40.6 Å². The average Bonchev–Trinajstić information content (AvgIpc) is 3.39. The van der Waals surface area contributed by atoms with Crippen molar-refractivity contribution in [1.29, 1.82) is 0 Å². The van der Waals surface area contributed by atoms with Crippen LogP contribution in [0.4, 0.5) is 0 Å². The van der Waals surface area contributed by atoms with E-state index in [1.54, 1.807) is 13.2 Å². The second kappa shape index (κ2) is 11.8. The monoisotopic (exact) mass is 497 g/mol. The highest BCUT2D eigenvalue weighted by molar-refractivity contribution is 5.91. The molecule has 0 spiro atoms. The van der Waals surface area contributed by atoms with E-state index < -0.39 is 0 Å². The van der Waals surface area contributed by atoms with E-state index >= 15 is 0 Å². The number of hydrogen-bond donors (Lipinski definition) is 1. The summed E-state index contributed by atoms with van der Waals surface area (Å²) in [6, 6.07) is 27.4. The molecule has 5 nitrogen and oxygen atoms in total. The molecule has 0 unspecified atom stereocenters. The van der Waals surface area contributed by atoms with E-state index in [0.29, 0.717) is 25.1 Å². The fourth-order valence-electron chi connectivity index (χ4n) is 4.15. The lowest BCUT2D eigenvalue weighted by Crippen LogP contribution is -2.25. The van der Waals surface area contributed by atoms with Crippen LogP contribution >= 0.6 is 0 Å². The quantitative estimate of drug-likeness (QED) is 0.236. The zero-order valence-corrected chi connectivity index (χ0v) is 22.0. The Balaban J connectivity index is 1.37. The number of hydrogen-bond acceptors (Lipinski definition) is 4. The lowest BCUT2D eigenvalue weighted by molar-refractivity contribution is 0.0924. The molecule has 1 amide bonds. The number of amides is 1. The number of para-hydroxylation sites is 2. The summed E-state index contributed by atoms with van der Waals surface area (Å²) in [7, 11) is 1.67. The number of furan rings is 1. The molecule has 1 N–H and O–H groups in total. The third-order valence-electron chi connectivity index (χ3n) is 6.82. The van der Waals surface area contributed by atoms with Crippen LogP contribution in [0.5, 0.6) is 17.2 Å². The predicted molar refractivity (Wildman–Crippen MR) is 147 cm³/mol. The van der Waals surface area contributed by atoms with Crippen LogP contribution in [0.2, 0.25) is 0 Å². The summed E-state index contributed by atoms with van der Waals surface area (Å²) in [5, 5.41) is 2.96. The first-order valence-electron chi connectivity index (χ1n) is 12.7. The highest BCUT2D eigenvalue weighted by atomic mass is 16.5. The van der Waals surface area contributed by atoms with E-state index in [4.69, 9.17) is 13.9 Å². The first-order chi connectivity index (χ1) is 17.9. The minimum absolute atomic E-state index is 0.0694. The van der Waals surface area contributed by atoms with Crippen LogP contribution in [-0.2, 0) is 18.3 Å². The second-order valence-corrected chi connectivity index (χ2v) is 9.74. The SMILES string of the molecule is CCC(C)(C)c1ccc(OC)c(Cc2ccc(C(=O)NCCc3ccccc3Oc3ccccc3)o2)c1. The topological polar surface area (TPSA) is 60.7 Å². The summed E-state index contributed by atoms with van der Waals surface area (Å²) in [4.78, 5) is 12.8. The van der Waals surface area contributed by atoms with Crippen molar-refractivity contribution in [3.05, 3.63) is 113 Å². The molecule has 0 saturated carbocycles. The van der Waals surface area contributed by atoms with Crippen molar-refractivity contribution in [1.82, 2.24) is 5.32 Å². The third-order valence-corrected chi connectivity index (χ3v) is 6.82. The van der Waals surface area contributed by atoms with Crippen molar-refractivity contribution in [3.63, 3.8) is 0 Å². The first-order valence-corrected chi connectivity index (χ1v) is 12.7. The number of ether oxygens (including phenoxy) is 2. The molecule has 0 aliphatic carbocycles. The molecule has 3 aromatic carbocycles. The van der Waals surface area contributed by atoms with Crippen LogP contribution in [0, 0.1) is 0 Å². The van der Waals surface area contributed by atoms with E-state index in [1.807, 2.05) is 66.7 Å². The van der Waals surface area contributed by atoms with Gasteiger partial charge in [-0.05, 0) is 65.8 Å². The zero-order chi connectivity index (χ0) is 26.3. The predicted octanol–water partition coefficient (Wildman–Crippen LogP) is 7.33. The molecule has 0 fully saturated rings. The number of carbonyl (C=O) groups is 1. The Bertz CT molecular complexity index is 1320. The van der Waals surface area contributed by atoms with Crippen molar-refractivity contribution in [2.24, 2.45) is 0 Å². The summed E-state index contributed by atoms with van der Waals surface area (Å²) in [5.41, 5.74) is 3.39. The maximum atomic E-state index is 12.8. The molecular formula is C32H35NO4. The molecule has 0 bridgehead atoms. The van der Waals surface area contributed by atoms with Gasteiger partial charge in [-0.15, -0.1) is 0 Å². The zero-order valence-electron chi connectivity index (χ0n) is 22.0. The summed E-state index contributed by atoms with van der Waals surface area (Å²) < 4.78 is 17.5. The molecule has 0 atom stereocenters. The Morgan fingerprint density at radius 1 is 0.892 bits per heavy atom. The fourth-order valence-corrected chi connectivity index (χ4v) is 4.15. The van der Waals surface area contributed by atoms with Crippen LogP contribution in [-0.4, -0.2) is 19.6 Å². The Kier molecular flexibility index (Phi) is 8.34. The van der Waals surface area contributed by atoms with Gasteiger partial charge in [0.1, 0.15) is 23.0 Å². The Morgan fingerprint density at radius 2 is 1.65 bits per heavy atom. The van der Waals surface area contributed by atoms with Gasteiger partial charge in [0, 0.05) is 18.5 Å². The lowest BCUT2D eigenvalue weighted by atomic mass is 9.81. The van der Waals surface area contributed by atoms with Crippen molar-refractivity contribution < 1.29 is 18.7 Å². The number of methoxy groups -OCH3 is 1. The second-order valence-electron chi connectivity index (χ2n) is 9.74. The van der Waals surface area contributed by atoms with E-state index in [2.05, 4.69) is 38.2 Å². The summed E-state index contributed by atoms with van der Waals surface area (Å²) in [5.74, 6) is 3.16. The van der Waals surface area contributed by atoms with Gasteiger partial charge in [-0.3, -0.25) is 4.79 Å². The normalized spacial score (nSPS) is 11.2. The van der Waals surface area contributed by atoms with Crippen LogP contribution in [0.1, 0.15) is 60.2 Å². The van der Waals surface area contributed by atoms with Gasteiger partial charge in [0.15, 0.2) is 5.76 Å².